The zero-order valence-electron chi connectivity index (χ0n) is 18.5. The van der Waals surface area contributed by atoms with E-state index in [2.05, 4.69) is 10.2 Å². The summed E-state index contributed by atoms with van der Waals surface area (Å²) in [5, 5.41) is 17.5. The third-order valence-electron chi connectivity index (χ3n) is 6.32. The summed E-state index contributed by atoms with van der Waals surface area (Å²) < 4.78 is 22.6. The van der Waals surface area contributed by atoms with Crippen molar-refractivity contribution in [1.82, 2.24) is 10.2 Å². The van der Waals surface area contributed by atoms with Crippen molar-refractivity contribution < 1.29 is 18.3 Å². The highest BCUT2D eigenvalue weighted by Gasteiger charge is 2.26. The lowest BCUT2D eigenvalue weighted by Gasteiger charge is -2.35. The number of piperidine rings is 1. The zero-order chi connectivity index (χ0) is 23.1. The number of primary sulfonamides is 1. The minimum Gasteiger partial charge on any atom is -0.508 e. The van der Waals surface area contributed by atoms with Crippen molar-refractivity contribution in [3.8, 4) is 5.75 Å². The number of nitrogens with zero attached hydrogens (tertiary/aromatic N) is 1. The van der Waals surface area contributed by atoms with Gasteiger partial charge < -0.3 is 10.4 Å². The summed E-state index contributed by atoms with van der Waals surface area (Å²) >= 11 is 0. The second-order valence-electron chi connectivity index (χ2n) is 8.59. The van der Waals surface area contributed by atoms with E-state index in [0.717, 1.165) is 44.3 Å². The first kappa shape index (κ1) is 24.2. The van der Waals surface area contributed by atoms with E-state index in [1.807, 2.05) is 19.1 Å². The molecule has 1 atom stereocenters. The van der Waals surface area contributed by atoms with Gasteiger partial charge in [0.1, 0.15) is 5.75 Å². The SMILES string of the molecule is CC(C(=O)NCCc1ccc(S(N)(=O)=O)cc1)N1CCC(CCc2ccc(O)cc2)CC1. The van der Waals surface area contributed by atoms with Crippen molar-refractivity contribution in [3.63, 3.8) is 0 Å². The Labute approximate surface area is 190 Å². The molecule has 1 fully saturated rings. The van der Waals surface area contributed by atoms with Gasteiger partial charge in [0.2, 0.25) is 15.9 Å². The van der Waals surface area contributed by atoms with Crippen molar-refractivity contribution in [2.24, 2.45) is 11.1 Å². The van der Waals surface area contributed by atoms with Crippen LogP contribution in [-0.2, 0) is 27.7 Å². The van der Waals surface area contributed by atoms with Crippen LogP contribution in [0.3, 0.4) is 0 Å². The number of benzene rings is 2. The minimum atomic E-state index is -3.69. The fraction of sp³-hybridized carbons (Fsp3) is 0.458. The smallest absolute Gasteiger partial charge is 0.238 e. The van der Waals surface area contributed by atoms with Crippen LogP contribution in [0.2, 0.25) is 0 Å². The standard InChI is InChI=1S/C24H33N3O4S/c1-18(24(29)26-15-12-20-6-10-23(11-7-20)32(25,30)31)27-16-13-21(14-17-27)3-2-19-4-8-22(28)9-5-19/h4-11,18,21,28H,2-3,12-17H2,1H3,(H,26,29)(H2,25,30,31). The monoisotopic (exact) mass is 459 g/mol. The highest BCUT2D eigenvalue weighted by atomic mass is 32.2. The topological polar surface area (TPSA) is 113 Å². The molecule has 2 aromatic rings. The Bertz CT molecular complexity index is 983. The molecule has 174 valence electrons. The quantitative estimate of drug-likeness (QED) is 0.533. The molecular weight excluding hydrogens is 426 g/mol. The van der Waals surface area contributed by atoms with Gasteiger partial charge in [0.05, 0.1) is 10.9 Å². The summed E-state index contributed by atoms with van der Waals surface area (Å²) in [6.07, 6.45) is 4.95. The Hall–Kier alpha value is -2.42. The van der Waals surface area contributed by atoms with Gasteiger partial charge in [-0.05, 0) is 93.4 Å². The van der Waals surface area contributed by atoms with E-state index in [0.29, 0.717) is 24.6 Å². The Morgan fingerprint density at radius 1 is 1.06 bits per heavy atom. The summed E-state index contributed by atoms with van der Waals surface area (Å²) in [5.41, 5.74) is 2.19. The van der Waals surface area contributed by atoms with Gasteiger partial charge in [-0.25, -0.2) is 13.6 Å². The maximum atomic E-state index is 12.6. The van der Waals surface area contributed by atoms with Crippen molar-refractivity contribution >= 4 is 15.9 Å². The van der Waals surface area contributed by atoms with Crippen molar-refractivity contribution in [2.75, 3.05) is 19.6 Å². The lowest BCUT2D eigenvalue weighted by molar-refractivity contribution is -0.126. The number of likely N-dealkylation sites (tertiary alicyclic amines) is 1. The molecule has 1 saturated heterocycles. The third kappa shape index (κ3) is 7.05. The number of rotatable bonds is 9. The highest BCUT2D eigenvalue weighted by Crippen LogP contribution is 2.24. The number of sulfonamides is 1. The average molecular weight is 460 g/mol. The number of phenolic OH excluding ortho intramolecular Hbond substituents is 1. The summed E-state index contributed by atoms with van der Waals surface area (Å²) in [6, 6.07) is 13.7. The number of hydrogen-bond donors (Lipinski definition) is 3. The first-order valence-electron chi connectivity index (χ1n) is 11.1. The third-order valence-corrected chi connectivity index (χ3v) is 7.25. The predicted molar refractivity (Wildman–Crippen MR) is 125 cm³/mol. The number of nitrogens with one attached hydrogen (secondary N) is 1. The summed E-state index contributed by atoms with van der Waals surface area (Å²) in [7, 11) is -3.69. The Kier molecular flexibility index (Phi) is 8.28. The van der Waals surface area contributed by atoms with E-state index in [9.17, 15) is 18.3 Å². The van der Waals surface area contributed by atoms with Gasteiger partial charge in [0.25, 0.3) is 0 Å². The predicted octanol–water partition coefficient (Wildman–Crippen LogP) is 2.43. The van der Waals surface area contributed by atoms with E-state index in [1.165, 1.54) is 17.7 Å². The minimum absolute atomic E-state index is 0.0219. The molecule has 1 aliphatic rings. The Morgan fingerprint density at radius 2 is 1.62 bits per heavy atom. The number of carbonyl (C=O) groups excluding carboxylic acids is 1. The van der Waals surface area contributed by atoms with Crippen LogP contribution >= 0.6 is 0 Å². The number of amides is 1. The molecule has 0 aliphatic carbocycles. The van der Waals surface area contributed by atoms with Crippen LogP contribution in [0.1, 0.15) is 37.3 Å². The Morgan fingerprint density at radius 3 is 2.22 bits per heavy atom. The molecule has 32 heavy (non-hydrogen) atoms. The lowest BCUT2D eigenvalue weighted by Crippen LogP contribution is -2.48. The molecule has 8 heteroatoms. The number of aromatic hydroxyl groups is 1. The zero-order valence-corrected chi connectivity index (χ0v) is 19.4. The summed E-state index contributed by atoms with van der Waals surface area (Å²) in [5.74, 6) is 0.985. The van der Waals surface area contributed by atoms with E-state index in [-0.39, 0.29) is 16.8 Å². The van der Waals surface area contributed by atoms with E-state index in [4.69, 9.17) is 5.14 Å². The molecule has 0 saturated carbocycles. The maximum absolute atomic E-state index is 12.6. The molecule has 0 aromatic heterocycles. The first-order chi connectivity index (χ1) is 15.2. The molecule has 0 radical (unpaired) electrons. The Balaban J connectivity index is 1.36. The van der Waals surface area contributed by atoms with Crippen molar-refractivity contribution in [1.29, 1.82) is 0 Å². The fourth-order valence-corrected chi connectivity index (χ4v) is 4.67. The van der Waals surface area contributed by atoms with Gasteiger partial charge in [-0.1, -0.05) is 24.3 Å². The molecule has 7 nitrogen and oxygen atoms in total. The van der Waals surface area contributed by atoms with Gasteiger partial charge >= 0.3 is 0 Å². The summed E-state index contributed by atoms with van der Waals surface area (Å²) in [4.78, 5) is 14.9. The number of aryl methyl sites for hydroxylation is 1. The molecule has 2 aromatic carbocycles. The van der Waals surface area contributed by atoms with E-state index < -0.39 is 10.0 Å². The van der Waals surface area contributed by atoms with Crippen LogP contribution in [-0.4, -0.2) is 50.0 Å². The van der Waals surface area contributed by atoms with E-state index >= 15 is 0 Å². The number of hydrogen-bond acceptors (Lipinski definition) is 5. The number of nitrogens with two attached hydrogens (primary N) is 1. The second-order valence-corrected chi connectivity index (χ2v) is 10.2. The molecule has 0 bridgehead atoms. The second kappa shape index (κ2) is 10.9. The number of carbonyl (C=O) groups is 1. The molecule has 1 unspecified atom stereocenters. The maximum Gasteiger partial charge on any atom is 0.238 e. The fourth-order valence-electron chi connectivity index (χ4n) is 4.15. The molecular formula is C24H33N3O4S. The lowest BCUT2D eigenvalue weighted by atomic mass is 9.90. The van der Waals surface area contributed by atoms with E-state index in [1.54, 1.807) is 24.3 Å². The summed E-state index contributed by atoms with van der Waals surface area (Å²) in [6.45, 7) is 4.29. The number of phenols is 1. The van der Waals surface area contributed by atoms with Crippen LogP contribution in [0.5, 0.6) is 5.75 Å². The normalized spacial score (nSPS) is 16.6. The van der Waals surface area contributed by atoms with Crippen LogP contribution in [0.25, 0.3) is 0 Å². The molecule has 1 aliphatic heterocycles. The molecule has 1 amide bonds. The average Bonchev–Trinajstić information content (AvgIpc) is 2.78. The molecule has 0 spiro atoms. The van der Waals surface area contributed by atoms with Gasteiger partial charge in [-0.15, -0.1) is 0 Å². The van der Waals surface area contributed by atoms with Gasteiger partial charge in [0, 0.05) is 6.54 Å². The molecule has 1 heterocycles. The van der Waals surface area contributed by atoms with Crippen LogP contribution in [0.15, 0.2) is 53.4 Å². The van der Waals surface area contributed by atoms with Crippen LogP contribution in [0.4, 0.5) is 0 Å². The van der Waals surface area contributed by atoms with Gasteiger partial charge in [-0.2, -0.15) is 0 Å². The molecule has 3 rings (SSSR count). The first-order valence-corrected chi connectivity index (χ1v) is 12.7. The van der Waals surface area contributed by atoms with Gasteiger partial charge in [-0.3, -0.25) is 9.69 Å². The van der Waals surface area contributed by atoms with Crippen molar-refractivity contribution in [2.45, 2.75) is 50.0 Å². The highest BCUT2D eigenvalue weighted by molar-refractivity contribution is 7.89. The van der Waals surface area contributed by atoms with Crippen LogP contribution < -0.4 is 10.5 Å². The molecule has 4 N–H and O–H groups in total. The van der Waals surface area contributed by atoms with Gasteiger partial charge in [0.15, 0.2) is 0 Å². The largest absolute Gasteiger partial charge is 0.508 e. The van der Waals surface area contributed by atoms with Crippen molar-refractivity contribution in [3.05, 3.63) is 59.7 Å². The van der Waals surface area contributed by atoms with Crippen LogP contribution in [0, 0.1) is 5.92 Å².